The highest BCUT2D eigenvalue weighted by atomic mass is 35.5. The zero-order valence-electron chi connectivity index (χ0n) is 19.7. The van der Waals surface area contributed by atoms with E-state index in [-0.39, 0.29) is 18.1 Å². The van der Waals surface area contributed by atoms with Gasteiger partial charge in [-0.05, 0) is 43.0 Å². The second-order valence-electron chi connectivity index (χ2n) is 9.71. The van der Waals surface area contributed by atoms with E-state index in [0.29, 0.717) is 24.6 Å². The predicted octanol–water partition coefficient (Wildman–Crippen LogP) is 5.72. The number of piperidine rings is 1. The Labute approximate surface area is 209 Å². The van der Waals surface area contributed by atoms with Crippen molar-refractivity contribution in [1.82, 2.24) is 14.8 Å². The standard InChI is InChI=1S/C26H31ClN4O2S/c1-17(2)15-30-11-9-19(10-12-30)28-26(32)22-13-18-5-3-4-6-21(18)31(22)16-20-14-23(33-29-20)24-7-8-25(27)34-24/h3-8,13,17,19,23H,9-12,14-16H2,1-2H3,(H,28,32). The van der Waals surface area contributed by atoms with Gasteiger partial charge in [0.05, 0.1) is 16.6 Å². The van der Waals surface area contributed by atoms with E-state index < -0.39 is 0 Å². The minimum atomic E-state index is -0.109. The van der Waals surface area contributed by atoms with Crippen LogP contribution in [0.5, 0.6) is 0 Å². The van der Waals surface area contributed by atoms with Gasteiger partial charge >= 0.3 is 0 Å². The summed E-state index contributed by atoms with van der Waals surface area (Å²) in [6.07, 6.45) is 2.57. The van der Waals surface area contributed by atoms with Crippen molar-refractivity contribution in [3.63, 3.8) is 0 Å². The van der Waals surface area contributed by atoms with Gasteiger partial charge in [-0.25, -0.2) is 0 Å². The van der Waals surface area contributed by atoms with Crippen molar-refractivity contribution in [1.29, 1.82) is 0 Å². The van der Waals surface area contributed by atoms with Gasteiger partial charge in [0.2, 0.25) is 0 Å². The monoisotopic (exact) mass is 498 g/mol. The fourth-order valence-electron chi connectivity index (χ4n) is 4.96. The van der Waals surface area contributed by atoms with E-state index in [1.807, 2.05) is 30.3 Å². The molecule has 1 N–H and O–H groups in total. The number of halogens is 1. The van der Waals surface area contributed by atoms with Gasteiger partial charge in [0.15, 0.2) is 6.10 Å². The van der Waals surface area contributed by atoms with Crippen LogP contribution in [-0.4, -0.2) is 46.8 Å². The molecule has 34 heavy (non-hydrogen) atoms. The molecule has 1 unspecified atom stereocenters. The molecule has 0 radical (unpaired) electrons. The second-order valence-corrected chi connectivity index (χ2v) is 11.5. The lowest BCUT2D eigenvalue weighted by Crippen LogP contribution is -2.45. The molecule has 4 heterocycles. The molecular weight excluding hydrogens is 468 g/mol. The molecule has 2 aliphatic rings. The van der Waals surface area contributed by atoms with E-state index in [0.717, 1.165) is 58.3 Å². The zero-order valence-corrected chi connectivity index (χ0v) is 21.2. The van der Waals surface area contributed by atoms with E-state index in [1.54, 1.807) is 0 Å². The van der Waals surface area contributed by atoms with Crippen molar-refractivity contribution >= 4 is 45.5 Å². The number of hydrogen-bond donors (Lipinski definition) is 1. The fourth-order valence-corrected chi connectivity index (χ4v) is 6.05. The lowest BCUT2D eigenvalue weighted by Gasteiger charge is -2.33. The Morgan fingerprint density at radius 2 is 2.03 bits per heavy atom. The normalized spacial score (nSPS) is 19.5. The summed E-state index contributed by atoms with van der Waals surface area (Å²) >= 11 is 7.62. The number of carbonyl (C=O) groups is 1. The summed E-state index contributed by atoms with van der Waals surface area (Å²) in [5.41, 5.74) is 2.63. The van der Waals surface area contributed by atoms with E-state index in [1.165, 1.54) is 11.3 Å². The number of rotatable bonds is 7. The summed E-state index contributed by atoms with van der Waals surface area (Å²) in [7, 11) is 0. The van der Waals surface area contributed by atoms with Crippen LogP contribution in [0.2, 0.25) is 4.34 Å². The van der Waals surface area contributed by atoms with Crippen LogP contribution in [0.3, 0.4) is 0 Å². The molecule has 1 aromatic carbocycles. The van der Waals surface area contributed by atoms with Crippen LogP contribution in [0.1, 0.15) is 54.6 Å². The van der Waals surface area contributed by atoms with E-state index in [9.17, 15) is 4.79 Å². The average molecular weight is 499 g/mol. The number of likely N-dealkylation sites (tertiary alicyclic amines) is 1. The SMILES string of the molecule is CC(C)CN1CCC(NC(=O)c2cc3ccccc3n2CC2=NOC(c3ccc(Cl)s3)C2)CC1. The summed E-state index contributed by atoms with van der Waals surface area (Å²) < 4.78 is 2.82. The van der Waals surface area contributed by atoms with Gasteiger partial charge in [-0.15, -0.1) is 11.3 Å². The third kappa shape index (κ3) is 5.16. The summed E-state index contributed by atoms with van der Waals surface area (Å²) in [6, 6.07) is 14.2. The maximum atomic E-state index is 13.4. The molecule has 2 aromatic heterocycles. The Hall–Kier alpha value is -2.35. The summed E-state index contributed by atoms with van der Waals surface area (Å²) in [4.78, 5) is 22.7. The lowest BCUT2D eigenvalue weighted by molar-refractivity contribution is 0.0882. The first kappa shape index (κ1) is 23.4. The number of amides is 1. The zero-order chi connectivity index (χ0) is 23.7. The Bertz CT molecular complexity index is 1190. The molecule has 1 saturated heterocycles. The van der Waals surface area contributed by atoms with Gasteiger partial charge in [-0.3, -0.25) is 4.79 Å². The fraction of sp³-hybridized carbons (Fsp3) is 0.462. The second kappa shape index (κ2) is 10.1. The van der Waals surface area contributed by atoms with Gasteiger partial charge in [0.1, 0.15) is 5.69 Å². The molecule has 3 aromatic rings. The number of carbonyl (C=O) groups excluding carboxylic acids is 1. The lowest BCUT2D eigenvalue weighted by atomic mass is 10.0. The number of thiophene rings is 1. The molecule has 2 aliphatic heterocycles. The highest BCUT2D eigenvalue weighted by Gasteiger charge is 2.27. The quantitative estimate of drug-likeness (QED) is 0.453. The third-order valence-electron chi connectivity index (χ3n) is 6.57. The van der Waals surface area contributed by atoms with Crippen molar-refractivity contribution < 1.29 is 9.63 Å². The van der Waals surface area contributed by atoms with Crippen molar-refractivity contribution in [3.8, 4) is 0 Å². The number of oxime groups is 1. The molecule has 6 nitrogen and oxygen atoms in total. The first-order chi connectivity index (χ1) is 16.5. The van der Waals surface area contributed by atoms with Crippen LogP contribution in [0, 0.1) is 5.92 Å². The van der Waals surface area contributed by atoms with Crippen molar-refractivity contribution in [3.05, 3.63) is 57.4 Å². The minimum absolute atomic E-state index is 0.0142. The predicted molar refractivity (Wildman–Crippen MR) is 139 cm³/mol. The van der Waals surface area contributed by atoms with Gasteiger partial charge in [0, 0.05) is 47.9 Å². The van der Waals surface area contributed by atoms with E-state index in [4.69, 9.17) is 16.4 Å². The molecule has 8 heteroatoms. The summed E-state index contributed by atoms with van der Waals surface area (Å²) in [6.45, 7) is 8.23. The van der Waals surface area contributed by atoms with Crippen LogP contribution < -0.4 is 5.32 Å². The molecule has 0 spiro atoms. The Balaban J connectivity index is 1.29. The molecule has 0 bridgehead atoms. The number of para-hydroxylation sites is 1. The summed E-state index contributed by atoms with van der Waals surface area (Å²) in [5, 5.41) is 8.71. The molecule has 1 atom stereocenters. The van der Waals surface area contributed by atoms with Crippen LogP contribution in [-0.2, 0) is 11.4 Å². The minimum Gasteiger partial charge on any atom is -0.386 e. The molecule has 0 saturated carbocycles. The Morgan fingerprint density at radius 3 is 2.76 bits per heavy atom. The molecule has 180 valence electrons. The van der Waals surface area contributed by atoms with Crippen LogP contribution >= 0.6 is 22.9 Å². The molecule has 1 amide bonds. The van der Waals surface area contributed by atoms with Crippen molar-refractivity contribution in [2.45, 2.75) is 51.8 Å². The van der Waals surface area contributed by atoms with Gasteiger partial charge in [-0.2, -0.15) is 0 Å². The van der Waals surface area contributed by atoms with Gasteiger partial charge < -0.3 is 19.6 Å². The topological polar surface area (TPSA) is 58.9 Å². The highest BCUT2D eigenvalue weighted by Crippen LogP contribution is 2.35. The maximum Gasteiger partial charge on any atom is 0.268 e. The van der Waals surface area contributed by atoms with E-state index >= 15 is 0 Å². The smallest absolute Gasteiger partial charge is 0.268 e. The molecule has 5 rings (SSSR count). The van der Waals surface area contributed by atoms with E-state index in [2.05, 4.69) is 45.9 Å². The Morgan fingerprint density at radius 1 is 1.24 bits per heavy atom. The number of aromatic nitrogens is 1. The molecule has 1 fully saturated rings. The molecule has 0 aliphatic carbocycles. The van der Waals surface area contributed by atoms with Crippen molar-refractivity contribution in [2.75, 3.05) is 19.6 Å². The van der Waals surface area contributed by atoms with Crippen molar-refractivity contribution in [2.24, 2.45) is 11.1 Å². The number of benzene rings is 1. The van der Waals surface area contributed by atoms with Crippen LogP contribution in [0.4, 0.5) is 0 Å². The first-order valence-electron chi connectivity index (χ1n) is 12.0. The van der Waals surface area contributed by atoms with Crippen LogP contribution in [0.25, 0.3) is 10.9 Å². The Kier molecular flexibility index (Phi) is 6.95. The highest BCUT2D eigenvalue weighted by molar-refractivity contribution is 7.16. The van der Waals surface area contributed by atoms with Gasteiger partial charge in [0.25, 0.3) is 5.91 Å². The largest absolute Gasteiger partial charge is 0.386 e. The maximum absolute atomic E-state index is 13.4. The molecular formula is C26H31ClN4O2S. The van der Waals surface area contributed by atoms with Gasteiger partial charge in [-0.1, -0.05) is 48.8 Å². The number of fused-ring (bicyclic) bond motifs is 1. The first-order valence-corrected chi connectivity index (χ1v) is 13.2. The number of nitrogens with one attached hydrogen (secondary N) is 1. The number of hydrogen-bond acceptors (Lipinski definition) is 5. The third-order valence-corrected chi connectivity index (χ3v) is 7.89. The van der Waals surface area contributed by atoms with Crippen LogP contribution in [0.15, 0.2) is 47.6 Å². The summed E-state index contributed by atoms with van der Waals surface area (Å²) in [5.74, 6) is 0.653. The number of nitrogens with zero attached hydrogens (tertiary/aromatic N) is 3. The average Bonchev–Trinajstić information content (AvgIpc) is 3.54.